The Bertz CT molecular complexity index is 802. The first-order valence-electron chi connectivity index (χ1n) is 6.95. The molecule has 2 aromatic carbocycles. The Balaban J connectivity index is 1.92. The van der Waals surface area contributed by atoms with Crippen LogP contribution < -0.4 is 0 Å². The van der Waals surface area contributed by atoms with Crippen molar-refractivity contribution in [3.63, 3.8) is 0 Å². The van der Waals surface area contributed by atoms with Gasteiger partial charge >= 0.3 is 0 Å². The molecule has 0 bridgehead atoms. The number of hydrogen-bond donors (Lipinski definition) is 1. The van der Waals surface area contributed by atoms with Gasteiger partial charge in [0.2, 0.25) is 5.16 Å². The second-order valence-corrected chi connectivity index (χ2v) is 5.98. The first kappa shape index (κ1) is 15.2. The summed E-state index contributed by atoms with van der Waals surface area (Å²) in [6.07, 6.45) is 0. The molecule has 0 spiro atoms. The van der Waals surface area contributed by atoms with Crippen LogP contribution in [0.4, 0.5) is 0 Å². The van der Waals surface area contributed by atoms with E-state index in [4.69, 9.17) is 0 Å². The lowest BCUT2D eigenvalue weighted by Gasteiger charge is -2.13. The molecule has 1 N–H and O–H groups in total. The van der Waals surface area contributed by atoms with Crippen LogP contribution in [0, 0.1) is 0 Å². The van der Waals surface area contributed by atoms with Crippen LogP contribution in [-0.4, -0.2) is 31.1 Å². The van der Waals surface area contributed by atoms with E-state index in [9.17, 15) is 9.90 Å². The van der Waals surface area contributed by atoms with Crippen LogP contribution in [0.25, 0.3) is 5.69 Å². The van der Waals surface area contributed by atoms with Crippen LogP contribution in [0.3, 0.4) is 0 Å². The zero-order valence-electron chi connectivity index (χ0n) is 12.3. The van der Waals surface area contributed by atoms with Gasteiger partial charge in [-0.2, -0.15) is 4.68 Å². The van der Waals surface area contributed by atoms with Crippen LogP contribution in [-0.2, 0) is 4.79 Å². The van der Waals surface area contributed by atoms with Gasteiger partial charge in [0.1, 0.15) is 11.5 Å². The van der Waals surface area contributed by atoms with Crippen LogP contribution in [0.1, 0.15) is 17.7 Å². The van der Waals surface area contributed by atoms with E-state index in [2.05, 4.69) is 15.5 Å². The number of thioether (sulfide) groups is 1. The minimum Gasteiger partial charge on any atom is -0.508 e. The second-order valence-electron chi connectivity index (χ2n) is 4.91. The fraction of sp³-hybridized carbons (Fsp3) is 0.125. The van der Waals surface area contributed by atoms with Crippen molar-refractivity contribution < 1.29 is 9.90 Å². The zero-order valence-corrected chi connectivity index (χ0v) is 13.1. The summed E-state index contributed by atoms with van der Waals surface area (Å²) < 4.78 is 1.54. The van der Waals surface area contributed by atoms with Crippen LogP contribution in [0.2, 0.25) is 0 Å². The van der Waals surface area contributed by atoms with Gasteiger partial charge in [0, 0.05) is 0 Å². The molecular weight excluding hydrogens is 312 g/mol. The Morgan fingerprint density at radius 2 is 1.83 bits per heavy atom. The molecule has 3 rings (SSSR count). The van der Waals surface area contributed by atoms with Gasteiger partial charge in [-0.3, -0.25) is 4.79 Å². The summed E-state index contributed by atoms with van der Waals surface area (Å²) in [4.78, 5) is 12.0. The number of hydrogen-bond acceptors (Lipinski definition) is 6. The van der Waals surface area contributed by atoms with Crippen LogP contribution in [0.5, 0.6) is 5.75 Å². The first-order chi connectivity index (χ1) is 11.1. The van der Waals surface area contributed by atoms with E-state index in [0.29, 0.717) is 10.8 Å². The highest BCUT2D eigenvalue weighted by Gasteiger charge is 2.22. The van der Waals surface area contributed by atoms with Gasteiger partial charge in [-0.1, -0.05) is 42.1 Å². The number of nitrogens with zero attached hydrogens (tertiary/aromatic N) is 4. The maximum Gasteiger partial charge on any atom is 0.215 e. The molecule has 1 aromatic heterocycles. The van der Waals surface area contributed by atoms with E-state index in [-0.39, 0.29) is 16.8 Å². The molecule has 1 atom stereocenters. The molecule has 0 radical (unpaired) electrons. The molecule has 0 saturated carbocycles. The van der Waals surface area contributed by atoms with Crippen molar-refractivity contribution in [2.75, 3.05) is 0 Å². The van der Waals surface area contributed by atoms with Crippen molar-refractivity contribution in [2.24, 2.45) is 0 Å². The monoisotopic (exact) mass is 326 g/mol. The van der Waals surface area contributed by atoms with Crippen LogP contribution >= 0.6 is 11.8 Å². The van der Waals surface area contributed by atoms with Crippen molar-refractivity contribution in [3.8, 4) is 11.4 Å². The number of benzene rings is 2. The minimum atomic E-state index is -0.377. The second kappa shape index (κ2) is 6.62. The van der Waals surface area contributed by atoms with Gasteiger partial charge < -0.3 is 5.11 Å². The van der Waals surface area contributed by atoms with Crippen molar-refractivity contribution in [1.29, 1.82) is 0 Å². The fourth-order valence-corrected chi connectivity index (χ4v) is 3.12. The highest BCUT2D eigenvalue weighted by Crippen LogP contribution is 2.35. The zero-order chi connectivity index (χ0) is 16.2. The Kier molecular flexibility index (Phi) is 4.38. The van der Waals surface area contributed by atoms with Crippen molar-refractivity contribution in [1.82, 2.24) is 20.2 Å². The number of carbonyl (C=O) groups is 1. The maximum absolute atomic E-state index is 12.0. The standard InChI is InChI=1S/C16H14N4O2S/c1-11(21)15(12-5-3-2-4-6-12)23-16-17-18-19-20(16)13-7-9-14(22)10-8-13/h2-10,15,22H,1H3/t15-/m1/s1. The highest BCUT2D eigenvalue weighted by atomic mass is 32.2. The fourth-order valence-electron chi connectivity index (χ4n) is 2.13. The van der Waals surface area contributed by atoms with Gasteiger partial charge in [-0.15, -0.1) is 5.10 Å². The van der Waals surface area contributed by atoms with E-state index in [1.54, 1.807) is 35.9 Å². The Morgan fingerprint density at radius 3 is 2.48 bits per heavy atom. The summed E-state index contributed by atoms with van der Waals surface area (Å²) in [5.41, 5.74) is 1.62. The number of rotatable bonds is 5. The Labute approximate surface area is 137 Å². The van der Waals surface area contributed by atoms with Gasteiger partial charge in [0.25, 0.3) is 0 Å². The minimum absolute atomic E-state index is 0.0291. The summed E-state index contributed by atoms with van der Waals surface area (Å²) in [6, 6.07) is 16.1. The number of tetrazole rings is 1. The van der Waals surface area contributed by atoms with Crippen molar-refractivity contribution in [3.05, 3.63) is 60.2 Å². The predicted octanol–water partition coefficient (Wildman–Crippen LogP) is 2.79. The van der Waals surface area contributed by atoms with E-state index in [0.717, 1.165) is 5.56 Å². The number of aromatic hydroxyl groups is 1. The molecule has 23 heavy (non-hydrogen) atoms. The quantitative estimate of drug-likeness (QED) is 0.726. The molecule has 0 aliphatic carbocycles. The van der Waals surface area contributed by atoms with E-state index in [1.165, 1.54) is 11.8 Å². The Morgan fingerprint density at radius 1 is 1.13 bits per heavy atom. The first-order valence-corrected chi connectivity index (χ1v) is 7.83. The number of ketones is 1. The largest absolute Gasteiger partial charge is 0.508 e. The van der Waals surface area contributed by atoms with Gasteiger partial charge in [-0.25, -0.2) is 0 Å². The van der Waals surface area contributed by atoms with Crippen molar-refractivity contribution in [2.45, 2.75) is 17.3 Å². The maximum atomic E-state index is 12.0. The van der Waals surface area contributed by atoms with Gasteiger partial charge in [0.05, 0.1) is 10.9 Å². The smallest absolute Gasteiger partial charge is 0.215 e. The molecule has 1 heterocycles. The summed E-state index contributed by atoms with van der Waals surface area (Å²) in [7, 11) is 0. The summed E-state index contributed by atoms with van der Waals surface area (Å²) in [5, 5.41) is 21.2. The third-order valence-electron chi connectivity index (χ3n) is 3.23. The number of carbonyl (C=O) groups excluding carboxylic acids is 1. The summed E-state index contributed by atoms with van der Waals surface area (Å²) in [6.45, 7) is 1.55. The molecule has 0 aliphatic heterocycles. The molecule has 116 valence electrons. The number of Topliss-reactive ketones (excluding diaryl/α,β-unsaturated/α-hetero) is 1. The number of phenols is 1. The van der Waals surface area contributed by atoms with Gasteiger partial charge in [0.15, 0.2) is 0 Å². The lowest BCUT2D eigenvalue weighted by molar-refractivity contribution is -0.116. The Hall–Kier alpha value is -2.67. The topological polar surface area (TPSA) is 80.9 Å². The van der Waals surface area contributed by atoms with Crippen molar-refractivity contribution >= 4 is 17.5 Å². The third-order valence-corrected chi connectivity index (χ3v) is 4.54. The third kappa shape index (κ3) is 3.40. The normalized spacial score (nSPS) is 12.0. The molecule has 0 fully saturated rings. The van der Waals surface area contributed by atoms with E-state index >= 15 is 0 Å². The average Bonchev–Trinajstić information content (AvgIpc) is 3.02. The van der Waals surface area contributed by atoms with Gasteiger partial charge in [-0.05, 0) is 47.2 Å². The lowest BCUT2D eigenvalue weighted by atomic mass is 10.1. The molecular formula is C16H14N4O2S. The molecule has 0 saturated heterocycles. The molecule has 6 nitrogen and oxygen atoms in total. The highest BCUT2D eigenvalue weighted by molar-refractivity contribution is 8.00. The van der Waals surface area contributed by atoms with E-state index < -0.39 is 0 Å². The lowest BCUT2D eigenvalue weighted by Crippen LogP contribution is -2.07. The average molecular weight is 326 g/mol. The van der Waals surface area contributed by atoms with Crippen LogP contribution in [0.15, 0.2) is 59.8 Å². The molecule has 0 unspecified atom stereocenters. The number of phenolic OH excluding ortho intramolecular Hbond substituents is 1. The predicted molar refractivity (Wildman–Crippen MR) is 86.5 cm³/mol. The summed E-state index contributed by atoms with van der Waals surface area (Å²) in [5.74, 6) is 0.198. The van der Waals surface area contributed by atoms with E-state index in [1.807, 2.05) is 30.3 Å². The molecule has 0 amide bonds. The number of aromatic nitrogens is 4. The molecule has 7 heteroatoms. The molecule has 3 aromatic rings. The summed E-state index contributed by atoms with van der Waals surface area (Å²) >= 11 is 1.30. The SMILES string of the molecule is CC(=O)[C@@H](Sc1nnnn1-c1ccc(O)cc1)c1ccccc1. The molecule has 0 aliphatic rings.